The molecule has 1 aromatic carbocycles. The molecule has 1 heterocycles. The van der Waals surface area contributed by atoms with Gasteiger partial charge in [0.05, 0.1) is 13.2 Å². The zero-order valence-electron chi connectivity index (χ0n) is 15.1. The summed E-state index contributed by atoms with van der Waals surface area (Å²) in [6, 6.07) is 9.86. The van der Waals surface area contributed by atoms with E-state index in [4.69, 9.17) is 4.74 Å². The lowest BCUT2D eigenvalue weighted by Crippen LogP contribution is -2.41. The monoisotopic (exact) mass is 361 g/mol. The Kier molecular flexibility index (Phi) is 7.76. The summed E-state index contributed by atoms with van der Waals surface area (Å²) >= 11 is 1.69. The molecule has 2 amide bonds. The smallest absolute Gasteiger partial charge is 0.315 e. The van der Waals surface area contributed by atoms with Gasteiger partial charge < -0.3 is 15.4 Å². The van der Waals surface area contributed by atoms with Crippen molar-refractivity contribution in [3.05, 3.63) is 52.2 Å². The minimum atomic E-state index is -0.150. The number of nitrogens with one attached hydrogen (secondary N) is 2. The first-order valence-corrected chi connectivity index (χ1v) is 9.53. The number of ether oxygens (including phenoxy) is 1. The predicted molar refractivity (Wildman–Crippen MR) is 103 cm³/mol. The summed E-state index contributed by atoms with van der Waals surface area (Å²) in [7, 11) is 1.64. The van der Waals surface area contributed by atoms with Gasteiger partial charge in [0.1, 0.15) is 5.75 Å². The summed E-state index contributed by atoms with van der Waals surface area (Å²) in [5.41, 5.74) is 2.29. The Labute approximate surface area is 154 Å². The molecule has 0 aliphatic heterocycles. The molecule has 2 N–H and O–H groups in total. The first kappa shape index (κ1) is 19.3. The number of hydrogen-bond donors (Lipinski definition) is 2. The van der Waals surface area contributed by atoms with Crippen LogP contribution >= 0.6 is 11.3 Å². The highest BCUT2D eigenvalue weighted by molar-refractivity contribution is 7.07. The van der Waals surface area contributed by atoms with Crippen molar-refractivity contribution < 1.29 is 9.53 Å². The summed E-state index contributed by atoms with van der Waals surface area (Å²) in [4.78, 5) is 14.5. The molecule has 0 radical (unpaired) electrons. The van der Waals surface area contributed by atoms with Gasteiger partial charge in [-0.15, -0.1) is 0 Å². The molecule has 1 unspecified atom stereocenters. The maximum absolute atomic E-state index is 12.1. The Hall–Kier alpha value is -2.05. The van der Waals surface area contributed by atoms with E-state index in [0.717, 1.165) is 24.4 Å². The molecule has 2 aromatic rings. The van der Waals surface area contributed by atoms with E-state index in [0.29, 0.717) is 13.1 Å². The molecule has 0 spiro atoms. The lowest BCUT2D eigenvalue weighted by molar-refractivity contribution is 0.206. The van der Waals surface area contributed by atoms with E-state index in [1.807, 2.05) is 24.3 Å². The highest BCUT2D eigenvalue weighted by atomic mass is 32.1. The fraction of sp³-hybridized carbons (Fsp3) is 0.421. The van der Waals surface area contributed by atoms with E-state index in [1.165, 1.54) is 5.56 Å². The summed E-state index contributed by atoms with van der Waals surface area (Å²) in [6.45, 7) is 7.27. The maximum atomic E-state index is 12.1. The van der Waals surface area contributed by atoms with Gasteiger partial charge in [-0.05, 0) is 53.2 Å². The van der Waals surface area contributed by atoms with E-state index in [-0.39, 0.29) is 12.1 Å². The maximum Gasteiger partial charge on any atom is 0.315 e. The van der Waals surface area contributed by atoms with Crippen LogP contribution in [-0.4, -0.2) is 37.7 Å². The highest BCUT2D eigenvalue weighted by Crippen LogP contribution is 2.22. The number of methoxy groups -OCH3 is 1. The minimum Gasteiger partial charge on any atom is -0.497 e. The van der Waals surface area contributed by atoms with E-state index >= 15 is 0 Å². The van der Waals surface area contributed by atoms with Crippen LogP contribution in [-0.2, 0) is 6.54 Å². The Balaban J connectivity index is 1.85. The molecule has 0 aliphatic rings. The second-order valence-electron chi connectivity index (χ2n) is 5.71. The number of likely N-dealkylation sites (N-methyl/N-ethyl adjacent to an activating group) is 1. The quantitative estimate of drug-likeness (QED) is 0.717. The normalized spacial score (nSPS) is 12.0. The van der Waals surface area contributed by atoms with Gasteiger partial charge >= 0.3 is 6.03 Å². The molecule has 25 heavy (non-hydrogen) atoms. The zero-order valence-corrected chi connectivity index (χ0v) is 15.9. The predicted octanol–water partition coefficient (Wildman–Crippen LogP) is 3.64. The fourth-order valence-corrected chi connectivity index (χ4v) is 3.47. The van der Waals surface area contributed by atoms with Crippen molar-refractivity contribution in [1.29, 1.82) is 0 Å². The van der Waals surface area contributed by atoms with Crippen LogP contribution in [0.4, 0.5) is 4.79 Å². The molecule has 0 bridgehead atoms. The van der Waals surface area contributed by atoms with Gasteiger partial charge in [-0.25, -0.2) is 4.79 Å². The molecule has 1 atom stereocenters. The van der Waals surface area contributed by atoms with Crippen molar-refractivity contribution in [1.82, 2.24) is 15.5 Å². The van der Waals surface area contributed by atoms with Crippen LogP contribution in [0.25, 0.3) is 0 Å². The number of thiophene rings is 1. The van der Waals surface area contributed by atoms with E-state index in [9.17, 15) is 4.79 Å². The lowest BCUT2D eigenvalue weighted by Gasteiger charge is -2.29. The van der Waals surface area contributed by atoms with Crippen molar-refractivity contribution in [2.75, 3.05) is 26.7 Å². The number of hydrogen-bond acceptors (Lipinski definition) is 4. The van der Waals surface area contributed by atoms with Crippen LogP contribution in [0.1, 0.15) is 31.0 Å². The van der Waals surface area contributed by atoms with E-state index in [2.05, 4.69) is 46.2 Å². The van der Waals surface area contributed by atoms with Crippen LogP contribution in [0.5, 0.6) is 5.75 Å². The summed E-state index contributed by atoms with van der Waals surface area (Å²) in [5, 5.41) is 10.1. The van der Waals surface area contributed by atoms with Gasteiger partial charge in [-0.3, -0.25) is 4.90 Å². The summed E-state index contributed by atoms with van der Waals surface area (Å²) in [6.07, 6.45) is 0. The third kappa shape index (κ3) is 5.76. The Morgan fingerprint density at radius 3 is 2.44 bits per heavy atom. The van der Waals surface area contributed by atoms with Gasteiger partial charge in [0, 0.05) is 13.1 Å². The Morgan fingerprint density at radius 2 is 1.88 bits per heavy atom. The zero-order chi connectivity index (χ0) is 18.1. The topological polar surface area (TPSA) is 53.6 Å². The Bertz CT molecular complexity index is 625. The number of urea groups is 1. The standard InChI is InChI=1S/C19H27N3O2S/c1-4-22(5-2)18(16-10-11-25-14-16)13-21-19(23)20-12-15-6-8-17(24-3)9-7-15/h6-11,14,18H,4-5,12-13H2,1-3H3,(H2,20,21,23). The van der Waals surface area contributed by atoms with Gasteiger partial charge in [0.2, 0.25) is 0 Å². The molecule has 2 rings (SSSR count). The molecular weight excluding hydrogens is 334 g/mol. The minimum absolute atomic E-state index is 0.150. The van der Waals surface area contributed by atoms with Crippen LogP contribution in [0.3, 0.4) is 0 Å². The molecule has 1 aromatic heterocycles. The molecular formula is C19H27N3O2S. The fourth-order valence-electron chi connectivity index (χ4n) is 2.76. The van der Waals surface area contributed by atoms with E-state index in [1.54, 1.807) is 18.4 Å². The van der Waals surface area contributed by atoms with Crippen molar-refractivity contribution >= 4 is 17.4 Å². The van der Waals surface area contributed by atoms with Crippen LogP contribution in [0.15, 0.2) is 41.1 Å². The first-order chi connectivity index (χ1) is 12.2. The number of benzene rings is 1. The molecule has 0 saturated heterocycles. The third-order valence-electron chi connectivity index (χ3n) is 4.25. The molecule has 6 heteroatoms. The molecule has 136 valence electrons. The molecule has 5 nitrogen and oxygen atoms in total. The van der Waals surface area contributed by atoms with Gasteiger partial charge in [-0.1, -0.05) is 26.0 Å². The second kappa shape index (κ2) is 10.1. The number of nitrogens with zero attached hydrogens (tertiary/aromatic N) is 1. The van der Waals surface area contributed by atoms with Crippen molar-refractivity contribution in [3.63, 3.8) is 0 Å². The SMILES string of the molecule is CCN(CC)C(CNC(=O)NCc1ccc(OC)cc1)c1ccsc1. The van der Waals surface area contributed by atoms with Gasteiger partial charge in [-0.2, -0.15) is 11.3 Å². The first-order valence-electron chi connectivity index (χ1n) is 8.58. The second-order valence-corrected chi connectivity index (χ2v) is 6.49. The average molecular weight is 362 g/mol. The van der Waals surface area contributed by atoms with Crippen LogP contribution in [0.2, 0.25) is 0 Å². The van der Waals surface area contributed by atoms with Crippen molar-refractivity contribution in [2.45, 2.75) is 26.4 Å². The van der Waals surface area contributed by atoms with Crippen LogP contribution in [0, 0.1) is 0 Å². The summed E-state index contributed by atoms with van der Waals surface area (Å²) < 4.78 is 5.14. The van der Waals surface area contributed by atoms with E-state index < -0.39 is 0 Å². The molecule has 0 fully saturated rings. The summed E-state index contributed by atoms with van der Waals surface area (Å²) in [5.74, 6) is 0.811. The lowest BCUT2D eigenvalue weighted by atomic mass is 10.1. The average Bonchev–Trinajstić information content (AvgIpc) is 3.18. The molecule has 0 saturated carbocycles. The number of carbonyl (C=O) groups excluding carboxylic acids is 1. The number of rotatable bonds is 9. The third-order valence-corrected chi connectivity index (χ3v) is 4.95. The molecule has 0 aliphatic carbocycles. The van der Waals surface area contributed by atoms with Gasteiger partial charge in [0.25, 0.3) is 0 Å². The number of amides is 2. The van der Waals surface area contributed by atoms with Crippen molar-refractivity contribution in [3.8, 4) is 5.75 Å². The largest absolute Gasteiger partial charge is 0.497 e. The van der Waals surface area contributed by atoms with Gasteiger partial charge in [0.15, 0.2) is 0 Å². The van der Waals surface area contributed by atoms with Crippen molar-refractivity contribution in [2.24, 2.45) is 0 Å². The highest BCUT2D eigenvalue weighted by Gasteiger charge is 2.19. The Morgan fingerprint density at radius 1 is 1.16 bits per heavy atom. The van der Waals surface area contributed by atoms with Crippen LogP contribution < -0.4 is 15.4 Å². The number of carbonyl (C=O) groups is 1.